The third-order valence-corrected chi connectivity index (χ3v) is 4.41. The van der Waals surface area contributed by atoms with E-state index in [0.717, 1.165) is 22.4 Å². The lowest BCUT2D eigenvalue weighted by atomic mass is 10.2. The molecule has 0 aliphatic heterocycles. The maximum Gasteiger partial charge on any atom is 0.141 e. The SMILES string of the molecule is Clc1cccc(CBr)c1OCCSc1ccccc1. The van der Waals surface area contributed by atoms with Gasteiger partial charge in [0.2, 0.25) is 0 Å². The lowest BCUT2D eigenvalue weighted by Crippen LogP contribution is -2.02. The Balaban J connectivity index is 1.86. The Morgan fingerprint density at radius 2 is 1.84 bits per heavy atom. The van der Waals surface area contributed by atoms with Crippen LogP contribution in [-0.2, 0) is 5.33 Å². The maximum absolute atomic E-state index is 6.15. The highest BCUT2D eigenvalue weighted by molar-refractivity contribution is 9.08. The first-order valence-electron chi connectivity index (χ1n) is 5.95. The molecule has 0 atom stereocenters. The molecule has 0 N–H and O–H groups in total. The average molecular weight is 358 g/mol. The minimum Gasteiger partial charge on any atom is -0.491 e. The summed E-state index contributed by atoms with van der Waals surface area (Å²) in [6, 6.07) is 16.1. The van der Waals surface area contributed by atoms with Gasteiger partial charge in [-0.15, -0.1) is 11.8 Å². The summed E-state index contributed by atoms with van der Waals surface area (Å²) in [4.78, 5) is 1.26. The first-order chi connectivity index (χ1) is 9.31. The second-order valence-corrected chi connectivity index (χ2v) is 6.01. The summed E-state index contributed by atoms with van der Waals surface area (Å²) < 4.78 is 5.80. The Bertz CT molecular complexity index is 519. The maximum atomic E-state index is 6.15. The lowest BCUT2D eigenvalue weighted by molar-refractivity contribution is 0.341. The Kier molecular flexibility index (Phi) is 6.08. The van der Waals surface area contributed by atoms with E-state index in [2.05, 4.69) is 28.1 Å². The number of benzene rings is 2. The fourth-order valence-electron chi connectivity index (χ4n) is 1.64. The molecule has 0 saturated carbocycles. The van der Waals surface area contributed by atoms with E-state index >= 15 is 0 Å². The van der Waals surface area contributed by atoms with Crippen LogP contribution in [0.1, 0.15) is 5.56 Å². The van der Waals surface area contributed by atoms with E-state index in [0.29, 0.717) is 11.6 Å². The van der Waals surface area contributed by atoms with Gasteiger partial charge >= 0.3 is 0 Å². The van der Waals surface area contributed by atoms with Crippen LogP contribution in [0.15, 0.2) is 53.4 Å². The van der Waals surface area contributed by atoms with E-state index in [-0.39, 0.29) is 0 Å². The molecular formula is C15H14BrClOS. The van der Waals surface area contributed by atoms with Gasteiger partial charge in [-0.1, -0.05) is 57.9 Å². The van der Waals surface area contributed by atoms with Crippen LogP contribution in [0.3, 0.4) is 0 Å². The summed E-state index contributed by atoms with van der Waals surface area (Å²) in [5.41, 5.74) is 1.08. The monoisotopic (exact) mass is 356 g/mol. The minimum absolute atomic E-state index is 0.642. The third-order valence-electron chi connectivity index (χ3n) is 2.53. The summed E-state index contributed by atoms with van der Waals surface area (Å²) in [6.07, 6.45) is 0. The largest absolute Gasteiger partial charge is 0.491 e. The van der Waals surface area contributed by atoms with Crippen LogP contribution in [0.4, 0.5) is 0 Å². The highest BCUT2D eigenvalue weighted by atomic mass is 79.9. The zero-order valence-corrected chi connectivity index (χ0v) is 13.5. The standard InChI is InChI=1S/C15H14BrClOS/c16-11-12-5-4-8-14(17)15(12)18-9-10-19-13-6-2-1-3-7-13/h1-8H,9-11H2. The summed E-state index contributed by atoms with van der Waals surface area (Å²) in [6.45, 7) is 0.642. The fraction of sp³-hybridized carbons (Fsp3) is 0.200. The van der Waals surface area contributed by atoms with Gasteiger partial charge in [0.25, 0.3) is 0 Å². The van der Waals surface area contributed by atoms with Gasteiger partial charge in [-0.25, -0.2) is 0 Å². The number of rotatable bonds is 6. The molecule has 0 unspecified atom stereocenters. The minimum atomic E-state index is 0.642. The lowest BCUT2D eigenvalue weighted by Gasteiger charge is -2.11. The van der Waals surface area contributed by atoms with E-state index in [4.69, 9.17) is 16.3 Å². The number of thioether (sulfide) groups is 1. The number of alkyl halides is 1. The Hall–Kier alpha value is -0.640. The molecule has 2 aromatic rings. The third kappa shape index (κ3) is 4.44. The van der Waals surface area contributed by atoms with Crippen molar-refractivity contribution in [1.82, 2.24) is 0 Å². The van der Waals surface area contributed by atoms with E-state index < -0.39 is 0 Å². The Morgan fingerprint density at radius 3 is 2.58 bits per heavy atom. The number of ether oxygens (including phenoxy) is 1. The molecule has 4 heteroatoms. The van der Waals surface area contributed by atoms with Crippen molar-refractivity contribution in [3.63, 3.8) is 0 Å². The van der Waals surface area contributed by atoms with Crippen molar-refractivity contribution in [2.75, 3.05) is 12.4 Å². The van der Waals surface area contributed by atoms with E-state index in [1.807, 2.05) is 36.4 Å². The summed E-state index contributed by atoms with van der Waals surface area (Å²) in [5.74, 6) is 1.69. The zero-order chi connectivity index (χ0) is 13.5. The van der Waals surface area contributed by atoms with Gasteiger partial charge in [0.1, 0.15) is 5.75 Å². The van der Waals surface area contributed by atoms with Crippen molar-refractivity contribution < 1.29 is 4.74 Å². The van der Waals surface area contributed by atoms with E-state index in [9.17, 15) is 0 Å². The molecule has 0 heterocycles. The number of hydrogen-bond donors (Lipinski definition) is 0. The van der Waals surface area contributed by atoms with Crippen LogP contribution in [0.5, 0.6) is 5.75 Å². The Labute approximate surface area is 131 Å². The first kappa shape index (κ1) is 14.8. The Morgan fingerprint density at radius 1 is 1.05 bits per heavy atom. The topological polar surface area (TPSA) is 9.23 Å². The predicted octanol–water partition coefficient (Wildman–Crippen LogP) is 5.41. The van der Waals surface area contributed by atoms with Crippen molar-refractivity contribution >= 4 is 39.3 Å². The average Bonchev–Trinajstić information content (AvgIpc) is 2.46. The summed E-state index contributed by atoms with van der Waals surface area (Å²) in [7, 11) is 0. The zero-order valence-electron chi connectivity index (χ0n) is 10.3. The van der Waals surface area contributed by atoms with Crippen molar-refractivity contribution in [1.29, 1.82) is 0 Å². The van der Waals surface area contributed by atoms with Crippen molar-refractivity contribution in [2.45, 2.75) is 10.2 Å². The molecule has 0 aromatic heterocycles. The van der Waals surface area contributed by atoms with Crippen LogP contribution in [0, 0.1) is 0 Å². The van der Waals surface area contributed by atoms with Gasteiger partial charge in [-0.3, -0.25) is 0 Å². The molecule has 0 radical (unpaired) electrons. The van der Waals surface area contributed by atoms with E-state index in [1.54, 1.807) is 11.8 Å². The van der Waals surface area contributed by atoms with Crippen molar-refractivity contribution in [2.24, 2.45) is 0 Å². The van der Waals surface area contributed by atoms with Crippen LogP contribution in [-0.4, -0.2) is 12.4 Å². The smallest absolute Gasteiger partial charge is 0.141 e. The molecule has 0 aliphatic rings. The highest BCUT2D eigenvalue weighted by Gasteiger charge is 2.07. The quantitative estimate of drug-likeness (QED) is 0.388. The van der Waals surface area contributed by atoms with Gasteiger partial charge in [0.05, 0.1) is 11.6 Å². The highest BCUT2D eigenvalue weighted by Crippen LogP contribution is 2.30. The van der Waals surface area contributed by atoms with Crippen LogP contribution >= 0.6 is 39.3 Å². The molecule has 1 nitrogen and oxygen atoms in total. The van der Waals surface area contributed by atoms with Crippen LogP contribution in [0.25, 0.3) is 0 Å². The molecule has 100 valence electrons. The number of para-hydroxylation sites is 1. The summed E-state index contributed by atoms with van der Waals surface area (Å²) >= 11 is 11.4. The molecule has 2 aromatic carbocycles. The van der Waals surface area contributed by atoms with Gasteiger partial charge in [-0.2, -0.15) is 0 Å². The van der Waals surface area contributed by atoms with Gasteiger partial charge in [-0.05, 0) is 18.2 Å². The molecule has 0 bridgehead atoms. The van der Waals surface area contributed by atoms with Crippen molar-refractivity contribution in [3.05, 3.63) is 59.1 Å². The molecule has 0 fully saturated rings. The molecule has 0 spiro atoms. The molecule has 2 rings (SSSR count). The summed E-state index contributed by atoms with van der Waals surface area (Å²) in [5, 5.41) is 1.41. The van der Waals surface area contributed by atoms with Crippen LogP contribution < -0.4 is 4.74 Å². The number of hydrogen-bond acceptors (Lipinski definition) is 2. The molecule has 0 saturated heterocycles. The normalized spacial score (nSPS) is 10.4. The predicted molar refractivity (Wildman–Crippen MR) is 86.7 cm³/mol. The molecule has 0 amide bonds. The molecular weight excluding hydrogens is 344 g/mol. The van der Waals surface area contributed by atoms with Gasteiger partial charge < -0.3 is 4.74 Å². The molecule has 19 heavy (non-hydrogen) atoms. The number of halogens is 2. The van der Waals surface area contributed by atoms with Gasteiger partial charge in [0, 0.05) is 21.5 Å². The second-order valence-electron chi connectivity index (χ2n) is 3.87. The molecule has 0 aliphatic carbocycles. The fourth-order valence-corrected chi connectivity index (χ4v) is 3.08. The second kappa shape index (κ2) is 7.83. The van der Waals surface area contributed by atoms with Crippen LogP contribution in [0.2, 0.25) is 5.02 Å². The van der Waals surface area contributed by atoms with Crippen molar-refractivity contribution in [3.8, 4) is 5.75 Å². The van der Waals surface area contributed by atoms with Gasteiger partial charge in [0.15, 0.2) is 0 Å². The van der Waals surface area contributed by atoms with E-state index in [1.165, 1.54) is 4.90 Å². The first-order valence-corrected chi connectivity index (χ1v) is 8.44.